The van der Waals surface area contributed by atoms with Crippen LogP contribution in [0.4, 0.5) is 8.78 Å². The Hall–Kier alpha value is -1.18. The van der Waals surface area contributed by atoms with Crippen molar-refractivity contribution in [3.05, 3.63) is 47.5 Å². The van der Waals surface area contributed by atoms with Gasteiger partial charge in [-0.3, -0.25) is 0 Å². The molecule has 162 valence electrons. The van der Waals surface area contributed by atoms with Crippen LogP contribution in [0.1, 0.15) is 96.0 Å². The third kappa shape index (κ3) is 7.54. The quantitative estimate of drug-likeness (QED) is 0.286. The second-order valence-electron chi connectivity index (χ2n) is 9.73. The lowest BCUT2D eigenvalue weighted by Crippen LogP contribution is -2.15. The number of hydrogen-bond donors (Lipinski definition) is 0. The van der Waals surface area contributed by atoms with Crippen LogP contribution in [0.3, 0.4) is 0 Å². The predicted octanol–water partition coefficient (Wildman–Crippen LogP) is 8.65. The molecule has 0 atom stereocenters. The molecular formula is C27H40F2. The van der Waals surface area contributed by atoms with E-state index in [1.54, 1.807) is 6.07 Å². The minimum absolute atomic E-state index is 0.716. The molecule has 1 aromatic carbocycles. The first-order valence-corrected chi connectivity index (χ1v) is 12.3. The van der Waals surface area contributed by atoms with Gasteiger partial charge in [0.1, 0.15) is 0 Å². The highest BCUT2D eigenvalue weighted by molar-refractivity contribution is 5.17. The van der Waals surface area contributed by atoms with Crippen molar-refractivity contribution in [2.24, 2.45) is 23.7 Å². The molecular weight excluding hydrogens is 362 g/mol. The van der Waals surface area contributed by atoms with Crippen molar-refractivity contribution in [3.63, 3.8) is 0 Å². The first-order chi connectivity index (χ1) is 14.1. The summed E-state index contributed by atoms with van der Waals surface area (Å²) in [5, 5.41) is 0. The molecule has 2 heteroatoms. The van der Waals surface area contributed by atoms with Crippen molar-refractivity contribution in [1.29, 1.82) is 0 Å². The monoisotopic (exact) mass is 402 g/mol. The number of aryl methyl sites for hydroxylation is 1. The fourth-order valence-corrected chi connectivity index (χ4v) is 5.40. The molecule has 0 nitrogen and oxygen atoms in total. The molecule has 1 aromatic rings. The van der Waals surface area contributed by atoms with E-state index in [-0.39, 0.29) is 0 Å². The van der Waals surface area contributed by atoms with E-state index in [2.05, 4.69) is 19.1 Å². The molecule has 0 unspecified atom stereocenters. The van der Waals surface area contributed by atoms with Crippen molar-refractivity contribution >= 4 is 0 Å². The molecule has 0 heterocycles. The summed E-state index contributed by atoms with van der Waals surface area (Å²) in [6.45, 7) is 2.29. The van der Waals surface area contributed by atoms with Crippen LogP contribution >= 0.6 is 0 Å². The van der Waals surface area contributed by atoms with E-state index in [9.17, 15) is 8.78 Å². The molecule has 0 bridgehead atoms. The van der Waals surface area contributed by atoms with Crippen LogP contribution in [0.5, 0.6) is 0 Å². The maximum atomic E-state index is 13.3. The van der Waals surface area contributed by atoms with E-state index in [0.29, 0.717) is 0 Å². The summed E-state index contributed by atoms with van der Waals surface area (Å²) in [7, 11) is 0. The highest BCUT2D eigenvalue weighted by Crippen LogP contribution is 2.35. The van der Waals surface area contributed by atoms with E-state index in [0.717, 1.165) is 42.1 Å². The summed E-state index contributed by atoms with van der Waals surface area (Å²) >= 11 is 0. The number of unbranched alkanes of at least 4 members (excludes halogenated alkanes) is 2. The summed E-state index contributed by atoms with van der Waals surface area (Å²) in [6.07, 6.45) is 23.5. The van der Waals surface area contributed by atoms with E-state index >= 15 is 0 Å². The van der Waals surface area contributed by atoms with Gasteiger partial charge in [-0.25, -0.2) is 8.78 Å². The van der Waals surface area contributed by atoms with Crippen LogP contribution in [0.15, 0.2) is 30.4 Å². The molecule has 0 saturated heterocycles. The Balaban J connectivity index is 1.31. The van der Waals surface area contributed by atoms with Gasteiger partial charge in [0.05, 0.1) is 0 Å². The van der Waals surface area contributed by atoms with Crippen LogP contribution in [-0.4, -0.2) is 0 Å². The van der Waals surface area contributed by atoms with Crippen molar-refractivity contribution in [2.45, 2.75) is 96.8 Å². The molecule has 0 aliphatic heterocycles. The van der Waals surface area contributed by atoms with Gasteiger partial charge < -0.3 is 0 Å². The molecule has 2 saturated carbocycles. The van der Waals surface area contributed by atoms with Crippen LogP contribution < -0.4 is 0 Å². The zero-order valence-electron chi connectivity index (χ0n) is 18.4. The van der Waals surface area contributed by atoms with Gasteiger partial charge in [-0.2, -0.15) is 0 Å². The third-order valence-electron chi connectivity index (χ3n) is 7.48. The van der Waals surface area contributed by atoms with Crippen molar-refractivity contribution in [1.82, 2.24) is 0 Å². The first kappa shape index (κ1) is 22.5. The average Bonchev–Trinajstić information content (AvgIpc) is 2.75. The van der Waals surface area contributed by atoms with Crippen LogP contribution in [-0.2, 0) is 6.42 Å². The van der Waals surface area contributed by atoms with Crippen molar-refractivity contribution in [2.75, 3.05) is 0 Å². The Labute approximate surface area is 177 Å². The number of hydrogen-bond acceptors (Lipinski definition) is 0. The van der Waals surface area contributed by atoms with Crippen LogP contribution in [0, 0.1) is 35.3 Å². The fourth-order valence-electron chi connectivity index (χ4n) is 5.40. The van der Waals surface area contributed by atoms with Crippen molar-refractivity contribution in [3.8, 4) is 0 Å². The standard InChI is InChI=1S/C27H40F2/c1-2-3-4-5-21-6-8-22(9-7-21)10-11-23-12-14-24(15-13-23)16-17-25-18-19-26(28)27(29)20-25/h10-11,18-24H,2-9,12-17H2,1H3/t21-,22-,23-,24-. The second-order valence-corrected chi connectivity index (χ2v) is 9.73. The lowest BCUT2D eigenvalue weighted by Gasteiger charge is -2.29. The number of halogens is 2. The molecule has 0 N–H and O–H groups in total. The van der Waals surface area contributed by atoms with E-state index in [1.807, 2.05) is 0 Å². The normalized spacial score (nSPS) is 28.1. The average molecular weight is 403 g/mol. The fraction of sp³-hybridized carbons (Fsp3) is 0.704. The number of benzene rings is 1. The molecule has 2 aliphatic carbocycles. The smallest absolute Gasteiger partial charge is 0.159 e. The van der Waals surface area contributed by atoms with E-state index in [1.165, 1.54) is 89.2 Å². The topological polar surface area (TPSA) is 0 Å². The van der Waals surface area contributed by atoms with Gasteiger partial charge in [-0.1, -0.05) is 50.8 Å². The summed E-state index contributed by atoms with van der Waals surface area (Å²) in [4.78, 5) is 0. The van der Waals surface area contributed by atoms with Gasteiger partial charge in [0.25, 0.3) is 0 Å². The van der Waals surface area contributed by atoms with Gasteiger partial charge in [-0.15, -0.1) is 0 Å². The SMILES string of the molecule is CCCCC[C@H]1CC[C@H](C=C[C@H]2CC[C@H](CCc3ccc(F)c(F)c3)CC2)CC1. The third-order valence-corrected chi connectivity index (χ3v) is 7.48. The minimum atomic E-state index is -0.744. The van der Waals surface area contributed by atoms with Gasteiger partial charge in [0.2, 0.25) is 0 Å². The molecule has 0 radical (unpaired) electrons. The maximum absolute atomic E-state index is 13.3. The minimum Gasteiger partial charge on any atom is -0.204 e. The number of rotatable bonds is 9. The molecule has 29 heavy (non-hydrogen) atoms. The summed E-state index contributed by atoms with van der Waals surface area (Å²) in [6, 6.07) is 4.35. The Morgan fingerprint density at radius 3 is 1.90 bits per heavy atom. The second kappa shape index (κ2) is 11.9. The zero-order valence-corrected chi connectivity index (χ0v) is 18.4. The highest BCUT2D eigenvalue weighted by Gasteiger charge is 2.22. The van der Waals surface area contributed by atoms with Crippen LogP contribution in [0.2, 0.25) is 0 Å². The largest absolute Gasteiger partial charge is 0.204 e. The van der Waals surface area contributed by atoms with Crippen molar-refractivity contribution < 1.29 is 8.78 Å². The summed E-state index contributed by atoms with van der Waals surface area (Å²) in [5.74, 6) is 1.86. The lowest BCUT2D eigenvalue weighted by molar-refractivity contribution is 0.282. The Kier molecular flexibility index (Phi) is 9.21. The van der Waals surface area contributed by atoms with Gasteiger partial charge in [0.15, 0.2) is 11.6 Å². The van der Waals surface area contributed by atoms with Gasteiger partial charge in [0, 0.05) is 0 Å². The highest BCUT2D eigenvalue weighted by atomic mass is 19.2. The lowest BCUT2D eigenvalue weighted by atomic mass is 9.77. The molecule has 3 rings (SSSR count). The zero-order chi connectivity index (χ0) is 20.5. The summed E-state index contributed by atoms with van der Waals surface area (Å²) < 4.78 is 26.4. The van der Waals surface area contributed by atoms with E-state index < -0.39 is 11.6 Å². The molecule has 2 fully saturated rings. The van der Waals surface area contributed by atoms with Gasteiger partial charge >= 0.3 is 0 Å². The Morgan fingerprint density at radius 1 is 0.759 bits per heavy atom. The van der Waals surface area contributed by atoms with E-state index in [4.69, 9.17) is 0 Å². The predicted molar refractivity (Wildman–Crippen MR) is 119 cm³/mol. The maximum Gasteiger partial charge on any atom is 0.159 e. The molecule has 0 aromatic heterocycles. The first-order valence-electron chi connectivity index (χ1n) is 12.3. The summed E-state index contributed by atoms with van der Waals surface area (Å²) in [5.41, 5.74) is 0.927. The van der Waals surface area contributed by atoms with Gasteiger partial charge in [-0.05, 0) is 106 Å². The Bertz CT molecular complexity index is 619. The molecule has 0 amide bonds. The molecule has 2 aliphatic rings. The Morgan fingerprint density at radius 2 is 1.34 bits per heavy atom. The molecule has 0 spiro atoms. The number of allylic oxidation sites excluding steroid dienone is 2. The van der Waals surface area contributed by atoms with Crippen LogP contribution in [0.25, 0.3) is 0 Å².